The molecule has 10 nitrogen and oxygen atoms in total. The van der Waals surface area contributed by atoms with Crippen LogP contribution in [-0.2, 0) is 28.9 Å². The summed E-state index contributed by atoms with van der Waals surface area (Å²) in [6.45, 7) is 0.905. The second-order valence-corrected chi connectivity index (χ2v) is 12.4. The van der Waals surface area contributed by atoms with Crippen molar-refractivity contribution >= 4 is 11.8 Å². The van der Waals surface area contributed by atoms with Crippen molar-refractivity contribution in [1.82, 2.24) is 5.32 Å². The molecule has 0 fully saturated rings. The lowest BCUT2D eigenvalue weighted by Crippen LogP contribution is -2.50. The molecule has 1 aliphatic heterocycles. The van der Waals surface area contributed by atoms with Crippen LogP contribution in [0.3, 0.4) is 0 Å². The monoisotopic (exact) mass is 695 g/mol. The number of hydrogen-bond donors (Lipinski definition) is 2. The summed E-state index contributed by atoms with van der Waals surface area (Å²) < 4.78 is 18.1. The third kappa shape index (κ3) is 8.26. The maximum absolute atomic E-state index is 14.8. The fourth-order valence-electron chi connectivity index (χ4n) is 6.42. The number of ether oxygens (including phenoxy) is 3. The van der Waals surface area contributed by atoms with Crippen LogP contribution in [0.15, 0.2) is 138 Å². The number of rotatable bonds is 16. The molecule has 0 unspecified atom stereocenters. The van der Waals surface area contributed by atoms with Crippen LogP contribution in [0.1, 0.15) is 40.3 Å². The second-order valence-electron chi connectivity index (χ2n) is 12.4. The number of carbonyl (C=O) groups is 1. The number of nitrogens with zero attached hydrogens (tertiary/aromatic N) is 4. The van der Waals surface area contributed by atoms with E-state index < -0.39 is 11.6 Å². The third-order valence-electron chi connectivity index (χ3n) is 9.11. The van der Waals surface area contributed by atoms with Crippen molar-refractivity contribution in [1.29, 1.82) is 0 Å². The van der Waals surface area contributed by atoms with Crippen LogP contribution in [0.25, 0.3) is 21.6 Å². The Bertz CT molecular complexity index is 2030. The summed E-state index contributed by atoms with van der Waals surface area (Å²) in [7, 11) is 1.63. The Hall–Kier alpha value is -6.09. The average Bonchev–Trinajstić information content (AvgIpc) is 3.58. The molecule has 0 spiro atoms. The first-order valence-corrected chi connectivity index (χ1v) is 17.3. The Labute approximate surface area is 303 Å². The molecule has 0 bridgehead atoms. The number of carbonyl (C=O) groups excluding carboxylic acids is 1. The first-order valence-electron chi connectivity index (χ1n) is 17.3. The van der Waals surface area contributed by atoms with Gasteiger partial charge in [-0.1, -0.05) is 102 Å². The van der Waals surface area contributed by atoms with Crippen molar-refractivity contribution in [3.8, 4) is 22.6 Å². The van der Waals surface area contributed by atoms with Gasteiger partial charge in [-0.25, -0.2) is 4.99 Å². The third-order valence-corrected chi connectivity index (χ3v) is 9.11. The highest BCUT2D eigenvalue weighted by atomic mass is 16.5. The predicted octanol–water partition coefficient (Wildman–Crippen LogP) is 7.79. The zero-order valence-corrected chi connectivity index (χ0v) is 29.0. The van der Waals surface area contributed by atoms with Gasteiger partial charge in [0.05, 0.1) is 20.3 Å². The number of azide groups is 1. The van der Waals surface area contributed by atoms with Gasteiger partial charge < -0.3 is 24.6 Å². The van der Waals surface area contributed by atoms with Crippen LogP contribution in [0.2, 0.25) is 0 Å². The molecule has 1 heterocycles. The van der Waals surface area contributed by atoms with E-state index in [4.69, 9.17) is 29.8 Å². The first kappa shape index (κ1) is 35.7. The van der Waals surface area contributed by atoms with E-state index in [2.05, 4.69) is 27.5 Å². The van der Waals surface area contributed by atoms with Crippen molar-refractivity contribution < 1.29 is 24.1 Å². The molecule has 6 rings (SSSR count). The molecule has 0 saturated heterocycles. The van der Waals surface area contributed by atoms with Gasteiger partial charge in [-0.15, -0.1) is 0 Å². The van der Waals surface area contributed by atoms with Gasteiger partial charge in [0.25, 0.3) is 5.91 Å². The molecule has 5 aromatic rings. The normalized spacial score (nSPS) is 16.3. The summed E-state index contributed by atoms with van der Waals surface area (Å²) in [6.07, 6.45) is 0.455. The molecule has 2 atom stereocenters. The van der Waals surface area contributed by atoms with E-state index in [-0.39, 0.29) is 25.5 Å². The molecule has 0 aliphatic carbocycles. The van der Waals surface area contributed by atoms with Crippen molar-refractivity contribution in [3.63, 3.8) is 0 Å². The van der Waals surface area contributed by atoms with Gasteiger partial charge in [0.15, 0.2) is 11.6 Å². The molecule has 10 heteroatoms. The minimum atomic E-state index is -1.44. The number of aliphatic hydroxyl groups excluding tert-OH is 1. The van der Waals surface area contributed by atoms with E-state index in [1.165, 1.54) is 0 Å². The highest BCUT2D eigenvalue weighted by Crippen LogP contribution is 2.43. The van der Waals surface area contributed by atoms with E-state index in [0.717, 1.165) is 39.1 Å². The number of hydrogen-bond acceptors (Lipinski definition) is 7. The minimum Gasteiger partial charge on any atom is -0.496 e. The number of nitrogens with one attached hydrogen (secondary N) is 1. The van der Waals surface area contributed by atoms with Crippen LogP contribution in [0, 0.1) is 0 Å². The fourth-order valence-corrected chi connectivity index (χ4v) is 6.42. The molecule has 52 heavy (non-hydrogen) atoms. The van der Waals surface area contributed by atoms with E-state index >= 15 is 0 Å². The lowest BCUT2D eigenvalue weighted by atomic mass is 9.80. The Morgan fingerprint density at radius 2 is 1.52 bits per heavy atom. The zero-order chi connectivity index (χ0) is 36.2. The maximum Gasteiger partial charge on any atom is 0.252 e. The van der Waals surface area contributed by atoms with E-state index in [0.29, 0.717) is 43.2 Å². The number of methoxy groups -OCH3 is 1. The lowest BCUT2D eigenvalue weighted by molar-refractivity contribution is -0.128. The van der Waals surface area contributed by atoms with Gasteiger partial charge in [0, 0.05) is 36.5 Å². The Balaban J connectivity index is 1.42. The molecule has 0 saturated carbocycles. The minimum absolute atomic E-state index is 0.0471. The Morgan fingerprint density at radius 3 is 2.23 bits per heavy atom. The zero-order valence-electron chi connectivity index (χ0n) is 29.0. The molecule has 2 N–H and O–H groups in total. The van der Waals surface area contributed by atoms with Gasteiger partial charge in [0.2, 0.25) is 5.90 Å². The summed E-state index contributed by atoms with van der Waals surface area (Å²) in [5.41, 5.74) is 13.9. The average molecular weight is 696 g/mol. The lowest BCUT2D eigenvalue weighted by Gasteiger charge is -2.31. The van der Waals surface area contributed by atoms with E-state index in [9.17, 15) is 4.79 Å². The van der Waals surface area contributed by atoms with Gasteiger partial charge in [-0.3, -0.25) is 4.79 Å². The molecule has 0 aromatic heterocycles. The Morgan fingerprint density at radius 1 is 0.865 bits per heavy atom. The van der Waals surface area contributed by atoms with Crippen LogP contribution in [-0.4, -0.2) is 49.3 Å². The Kier molecular flexibility index (Phi) is 11.8. The van der Waals surface area contributed by atoms with Crippen molar-refractivity contribution in [2.24, 2.45) is 10.1 Å². The van der Waals surface area contributed by atoms with Gasteiger partial charge in [-0.05, 0) is 75.7 Å². The smallest absolute Gasteiger partial charge is 0.252 e. The summed E-state index contributed by atoms with van der Waals surface area (Å²) in [4.78, 5) is 23.0. The van der Waals surface area contributed by atoms with Gasteiger partial charge in [-0.2, -0.15) is 0 Å². The summed E-state index contributed by atoms with van der Waals surface area (Å²) >= 11 is 0. The molecular weight excluding hydrogens is 654 g/mol. The van der Waals surface area contributed by atoms with Gasteiger partial charge >= 0.3 is 0 Å². The summed E-state index contributed by atoms with van der Waals surface area (Å²) in [5.74, 6) is 1.43. The summed E-state index contributed by atoms with van der Waals surface area (Å²) in [5, 5.41) is 16.2. The molecular formula is C42H41N5O5. The van der Waals surface area contributed by atoms with E-state index in [1.807, 2.05) is 115 Å². The number of aliphatic hydroxyl groups is 1. The highest BCUT2D eigenvalue weighted by Gasteiger charge is 2.53. The molecule has 0 radical (unpaired) electrons. The fraction of sp³-hybridized carbons (Fsp3) is 0.238. The number of para-hydroxylation sites is 1. The predicted molar refractivity (Wildman–Crippen MR) is 201 cm³/mol. The maximum atomic E-state index is 14.8. The van der Waals surface area contributed by atoms with Crippen molar-refractivity contribution in [2.75, 3.05) is 26.9 Å². The van der Waals surface area contributed by atoms with E-state index in [1.54, 1.807) is 7.11 Å². The highest BCUT2D eigenvalue weighted by molar-refractivity contribution is 6.01. The quantitative estimate of drug-likeness (QED) is 0.0470. The molecule has 264 valence electrons. The molecule has 5 aromatic carbocycles. The van der Waals surface area contributed by atoms with Gasteiger partial charge in [0.1, 0.15) is 11.5 Å². The standard InChI is InChI=1S/C42H41N5O5/c1-50-38-15-8-7-12-32(38)24-25-44-41(49)42(28-35-13-5-6-14-36(35)29-45-47-43)39(33-18-16-31(17-19-33)30-10-3-2-4-11-30)52-40(46-42)34-20-22-37(23-21-34)51-27-9-26-48/h2-8,10-23,39,48H,9,24-29H2,1H3,(H,44,49)/t39-,42-/m1/s1. The van der Waals surface area contributed by atoms with Crippen LogP contribution in [0.4, 0.5) is 0 Å². The van der Waals surface area contributed by atoms with Crippen molar-refractivity contribution in [2.45, 2.75) is 37.5 Å². The SMILES string of the molecule is COc1ccccc1CCNC(=O)[C@]1(Cc2ccccc2CN=[N+]=[N-])N=C(c2ccc(OCCCO)cc2)O[C@@H]1c1ccc(-c2ccccc2)cc1. The summed E-state index contributed by atoms with van der Waals surface area (Å²) in [6, 6.07) is 40.9. The molecule has 1 amide bonds. The van der Waals surface area contributed by atoms with Crippen molar-refractivity contribution in [3.05, 3.63) is 166 Å². The van der Waals surface area contributed by atoms with Crippen LogP contribution < -0.4 is 14.8 Å². The van der Waals surface area contributed by atoms with Crippen LogP contribution >= 0.6 is 0 Å². The molecule has 1 aliphatic rings. The second kappa shape index (κ2) is 17.2. The topological polar surface area (TPSA) is 138 Å². The first-order chi connectivity index (χ1) is 25.5. The number of aliphatic imine (C=N–C) groups is 1. The largest absolute Gasteiger partial charge is 0.496 e. The number of benzene rings is 5. The number of amides is 1. The van der Waals surface area contributed by atoms with Crippen LogP contribution in [0.5, 0.6) is 11.5 Å².